The van der Waals surface area contributed by atoms with Crippen molar-refractivity contribution in [1.29, 1.82) is 0 Å². The highest BCUT2D eigenvalue weighted by atomic mass is 35.5. The van der Waals surface area contributed by atoms with Crippen LogP contribution in [0.1, 0.15) is 30.0 Å². The normalized spacial score (nSPS) is 13.0. The Morgan fingerprint density at radius 3 is 2.95 bits per heavy atom. The first kappa shape index (κ1) is 14.0. The van der Waals surface area contributed by atoms with E-state index in [9.17, 15) is 5.11 Å². The van der Waals surface area contributed by atoms with Crippen LogP contribution in [0.3, 0.4) is 0 Å². The molecule has 0 radical (unpaired) electrons. The van der Waals surface area contributed by atoms with Gasteiger partial charge in [-0.1, -0.05) is 11.6 Å². The van der Waals surface area contributed by atoms with E-state index >= 15 is 0 Å². The van der Waals surface area contributed by atoms with Crippen LogP contribution < -0.4 is 0 Å². The average Bonchev–Trinajstić information content (AvgIpc) is 3.03. The highest BCUT2D eigenvalue weighted by Crippen LogP contribution is 2.27. The molecule has 0 amide bonds. The number of rotatable bonds is 4. The zero-order valence-electron chi connectivity index (χ0n) is 11.9. The lowest BCUT2D eigenvalue weighted by atomic mass is 10.1. The third kappa shape index (κ3) is 2.41. The van der Waals surface area contributed by atoms with E-state index in [2.05, 4.69) is 15.2 Å². The number of hydrogen-bond acceptors (Lipinski definition) is 4. The van der Waals surface area contributed by atoms with Crippen molar-refractivity contribution in [2.45, 2.75) is 32.9 Å². The zero-order chi connectivity index (χ0) is 15.0. The van der Waals surface area contributed by atoms with Crippen LogP contribution in [0.2, 0.25) is 5.02 Å². The van der Waals surface area contributed by atoms with Gasteiger partial charge in [0.25, 0.3) is 0 Å². The number of aliphatic hydroxyl groups is 1. The molecule has 3 aromatic rings. The van der Waals surface area contributed by atoms with Crippen LogP contribution in [0.4, 0.5) is 0 Å². The maximum absolute atomic E-state index is 10.5. The molecule has 1 unspecified atom stereocenters. The molecule has 7 heteroatoms. The Hall–Kier alpha value is -1.92. The first-order valence-corrected chi connectivity index (χ1v) is 7.16. The van der Waals surface area contributed by atoms with Gasteiger partial charge < -0.3 is 5.11 Å². The molecular weight excluding hydrogens is 290 g/mol. The average molecular weight is 306 g/mol. The lowest BCUT2D eigenvalue weighted by Crippen LogP contribution is -2.09. The minimum Gasteiger partial charge on any atom is -0.388 e. The monoisotopic (exact) mass is 305 g/mol. The van der Waals surface area contributed by atoms with Crippen LogP contribution in [-0.2, 0) is 13.0 Å². The Balaban J connectivity index is 1.95. The number of halogens is 1. The van der Waals surface area contributed by atoms with Crippen LogP contribution in [-0.4, -0.2) is 29.5 Å². The number of aliphatic hydroxyl groups excluding tert-OH is 1. The van der Waals surface area contributed by atoms with Gasteiger partial charge in [0.05, 0.1) is 40.4 Å². The topological polar surface area (TPSA) is 68.2 Å². The van der Waals surface area contributed by atoms with Crippen LogP contribution in [0.5, 0.6) is 0 Å². The van der Waals surface area contributed by atoms with Gasteiger partial charge in [-0.15, -0.1) is 0 Å². The fraction of sp³-hybridized carbons (Fsp3) is 0.357. The summed E-state index contributed by atoms with van der Waals surface area (Å²) in [6.07, 6.45) is 6.45. The number of aromatic nitrogens is 5. The summed E-state index contributed by atoms with van der Waals surface area (Å²) in [7, 11) is 0. The minimum atomic E-state index is -0.703. The van der Waals surface area contributed by atoms with E-state index in [1.165, 1.54) is 0 Å². The largest absolute Gasteiger partial charge is 0.388 e. The highest BCUT2D eigenvalue weighted by molar-refractivity contribution is 6.31. The van der Waals surface area contributed by atoms with Crippen molar-refractivity contribution in [3.8, 4) is 0 Å². The van der Waals surface area contributed by atoms with Crippen molar-refractivity contribution in [3.63, 3.8) is 0 Å². The molecule has 0 aliphatic rings. The molecule has 0 aliphatic carbocycles. The quantitative estimate of drug-likeness (QED) is 0.802. The molecule has 21 heavy (non-hydrogen) atoms. The Morgan fingerprint density at radius 2 is 2.19 bits per heavy atom. The van der Waals surface area contributed by atoms with E-state index in [1.54, 1.807) is 29.3 Å². The number of fused-ring (bicyclic) bond motifs is 1. The van der Waals surface area contributed by atoms with E-state index in [-0.39, 0.29) is 0 Å². The molecule has 0 fully saturated rings. The minimum absolute atomic E-state index is 0.393. The number of aryl methyl sites for hydroxylation is 2. The summed E-state index contributed by atoms with van der Waals surface area (Å²) in [5, 5.41) is 19.7. The van der Waals surface area contributed by atoms with Crippen LogP contribution in [0.25, 0.3) is 5.52 Å². The predicted octanol–water partition coefficient (Wildman–Crippen LogP) is 2.18. The summed E-state index contributed by atoms with van der Waals surface area (Å²) in [4.78, 5) is 4.08. The molecule has 1 atom stereocenters. The lowest BCUT2D eigenvalue weighted by molar-refractivity contribution is 0.177. The van der Waals surface area contributed by atoms with Crippen molar-refractivity contribution >= 4 is 17.1 Å². The fourth-order valence-electron chi connectivity index (χ4n) is 2.47. The Labute approximate surface area is 127 Å². The van der Waals surface area contributed by atoms with Gasteiger partial charge in [-0.2, -0.15) is 10.2 Å². The van der Waals surface area contributed by atoms with Gasteiger partial charge in [0.15, 0.2) is 0 Å². The van der Waals surface area contributed by atoms with E-state index in [0.29, 0.717) is 18.0 Å². The molecule has 0 aliphatic heterocycles. The molecule has 1 N–H and O–H groups in total. The summed E-state index contributed by atoms with van der Waals surface area (Å²) in [6.45, 7) is 4.58. The molecule has 3 heterocycles. The number of nitrogens with zero attached hydrogens (tertiary/aromatic N) is 5. The molecule has 6 nitrogen and oxygen atoms in total. The third-order valence-corrected chi connectivity index (χ3v) is 4.04. The summed E-state index contributed by atoms with van der Waals surface area (Å²) < 4.78 is 3.51. The lowest BCUT2D eigenvalue weighted by Gasteiger charge is -2.11. The first-order chi connectivity index (χ1) is 10.1. The Bertz CT molecular complexity index is 779. The van der Waals surface area contributed by atoms with Crippen molar-refractivity contribution in [2.24, 2.45) is 0 Å². The van der Waals surface area contributed by atoms with E-state index in [4.69, 9.17) is 11.6 Å². The highest BCUT2D eigenvalue weighted by Gasteiger charge is 2.20. The van der Waals surface area contributed by atoms with Gasteiger partial charge >= 0.3 is 0 Å². The van der Waals surface area contributed by atoms with Crippen molar-refractivity contribution in [2.75, 3.05) is 0 Å². The van der Waals surface area contributed by atoms with Crippen molar-refractivity contribution < 1.29 is 5.11 Å². The second-order valence-corrected chi connectivity index (χ2v) is 5.27. The predicted molar refractivity (Wildman–Crippen MR) is 79.3 cm³/mol. The number of hydrogen-bond donors (Lipinski definition) is 1. The van der Waals surface area contributed by atoms with E-state index < -0.39 is 6.10 Å². The van der Waals surface area contributed by atoms with Crippen LogP contribution >= 0.6 is 11.6 Å². The van der Waals surface area contributed by atoms with Gasteiger partial charge in [0.2, 0.25) is 0 Å². The Morgan fingerprint density at radius 1 is 1.38 bits per heavy atom. The summed E-state index contributed by atoms with van der Waals surface area (Å²) in [5.41, 5.74) is 3.15. The fourth-order valence-corrected chi connectivity index (χ4v) is 2.68. The molecular formula is C14H16ClN5O. The summed E-state index contributed by atoms with van der Waals surface area (Å²) in [5.74, 6) is 0. The van der Waals surface area contributed by atoms with Gasteiger partial charge in [-0.3, -0.25) is 9.67 Å². The molecule has 3 rings (SSSR count). The van der Waals surface area contributed by atoms with Crippen LogP contribution in [0.15, 0.2) is 24.8 Å². The molecule has 0 aromatic carbocycles. The van der Waals surface area contributed by atoms with Crippen molar-refractivity contribution in [1.82, 2.24) is 24.4 Å². The van der Waals surface area contributed by atoms with Gasteiger partial charge in [-0.05, 0) is 13.8 Å². The maximum atomic E-state index is 10.5. The van der Waals surface area contributed by atoms with E-state index in [1.807, 2.05) is 18.5 Å². The second kappa shape index (κ2) is 5.46. The molecule has 0 spiro atoms. The standard InChI is InChI=1S/C14H16ClN5O/c1-3-19-11(14(15)9(2)18-19)6-13(21)10-7-17-20-5-4-16-8-12(10)20/h4-5,7-8,13,21H,3,6H2,1-2H3. The van der Waals surface area contributed by atoms with E-state index in [0.717, 1.165) is 22.5 Å². The summed E-state index contributed by atoms with van der Waals surface area (Å²) >= 11 is 6.29. The van der Waals surface area contributed by atoms with Crippen molar-refractivity contribution in [3.05, 3.63) is 46.8 Å². The van der Waals surface area contributed by atoms with Gasteiger partial charge in [-0.25, -0.2) is 4.52 Å². The summed E-state index contributed by atoms with van der Waals surface area (Å²) in [6, 6.07) is 0. The molecule has 3 aromatic heterocycles. The van der Waals surface area contributed by atoms with Gasteiger partial charge in [0.1, 0.15) is 0 Å². The third-order valence-electron chi connectivity index (χ3n) is 3.55. The zero-order valence-corrected chi connectivity index (χ0v) is 12.6. The molecule has 110 valence electrons. The molecule has 0 saturated carbocycles. The van der Waals surface area contributed by atoms with Crippen LogP contribution in [0, 0.1) is 6.92 Å². The Kier molecular flexibility index (Phi) is 3.65. The first-order valence-electron chi connectivity index (χ1n) is 6.79. The SMILES string of the molecule is CCn1nc(C)c(Cl)c1CC(O)c1cnn2ccncc12. The second-order valence-electron chi connectivity index (χ2n) is 4.89. The van der Waals surface area contributed by atoms with Gasteiger partial charge in [0, 0.05) is 30.9 Å². The molecule has 0 saturated heterocycles. The molecule has 0 bridgehead atoms. The maximum Gasteiger partial charge on any atom is 0.0903 e. The smallest absolute Gasteiger partial charge is 0.0903 e.